The number of thiocarbonyl (C=S) groups is 1. The van der Waals surface area contributed by atoms with Gasteiger partial charge >= 0.3 is 6.09 Å². The van der Waals surface area contributed by atoms with Gasteiger partial charge in [0.1, 0.15) is 0 Å². The van der Waals surface area contributed by atoms with E-state index < -0.39 is 6.09 Å². The molecule has 86 valence electrons. The summed E-state index contributed by atoms with van der Waals surface area (Å²) in [5, 5.41) is 6.03. The number of carbonyl (C=O) groups is 1. The summed E-state index contributed by atoms with van der Waals surface area (Å²) in [5.74, 6) is 0. The molecule has 0 unspecified atom stereocenters. The minimum absolute atomic E-state index is 0.201. The molecule has 0 aliphatic rings. The molecule has 0 saturated carbocycles. The van der Waals surface area contributed by atoms with Crippen LogP contribution in [0.3, 0.4) is 0 Å². The van der Waals surface area contributed by atoms with Gasteiger partial charge in [0.2, 0.25) is 0 Å². The van der Waals surface area contributed by atoms with Crippen LogP contribution in [0.25, 0.3) is 0 Å². The normalized spacial score (nSPS) is 9.38. The smallest absolute Gasteiger partial charge is 0.413 e. The molecule has 1 aromatic carbocycles. The predicted molar refractivity (Wildman–Crippen MR) is 66.4 cm³/mol. The van der Waals surface area contributed by atoms with Crippen LogP contribution in [0.1, 0.15) is 5.56 Å². The maximum Gasteiger partial charge on any atom is 0.413 e. The number of ether oxygens (including phenoxy) is 1. The van der Waals surface area contributed by atoms with Gasteiger partial charge in [-0.05, 0) is 23.8 Å². The van der Waals surface area contributed by atoms with E-state index >= 15 is 0 Å². The van der Waals surface area contributed by atoms with E-state index in [1.54, 1.807) is 6.07 Å². The van der Waals surface area contributed by atoms with E-state index in [1.165, 1.54) is 7.11 Å². The molecule has 0 aliphatic carbocycles. The summed E-state index contributed by atoms with van der Waals surface area (Å²) in [6, 6.07) is 7.38. The van der Waals surface area contributed by atoms with Crippen LogP contribution >= 0.6 is 23.8 Å². The Balaban J connectivity index is 2.43. The maximum atomic E-state index is 10.8. The highest BCUT2D eigenvalue weighted by molar-refractivity contribution is 7.80. The van der Waals surface area contributed by atoms with Gasteiger partial charge in [-0.25, -0.2) is 4.79 Å². The minimum Gasteiger partial charge on any atom is -0.453 e. The molecule has 0 fully saturated rings. The fraction of sp³-hybridized carbons (Fsp3) is 0.200. The summed E-state index contributed by atoms with van der Waals surface area (Å²) in [5.41, 5.74) is 0.901. The fourth-order valence-corrected chi connectivity index (χ4v) is 1.36. The van der Waals surface area contributed by atoms with Gasteiger partial charge in [-0.2, -0.15) is 0 Å². The van der Waals surface area contributed by atoms with Crippen LogP contribution < -0.4 is 10.6 Å². The van der Waals surface area contributed by atoms with Crippen molar-refractivity contribution in [3.05, 3.63) is 34.9 Å². The Hall–Kier alpha value is -1.33. The summed E-state index contributed by atoms with van der Waals surface area (Å²) in [7, 11) is 1.27. The van der Waals surface area contributed by atoms with E-state index in [0.717, 1.165) is 5.56 Å². The Morgan fingerprint density at radius 3 is 2.81 bits per heavy atom. The third-order valence-electron chi connectivity index (χ3n) is 1.80. The number of carbonyl (C=O) groups excluding carboxylic acids is 1. The van der Waals surface area contributed by atoms with Crippen molar-refractivity contribution in [2.45, 2.75) is 6.54 Å². The van der Waals surface area contributed by atoms with Gasteiger partial charge < -0.3 is 10.1 Å². The number of alkyl carbamates (subject to hydrolysis) is 1. The van der Waals surface area contributed by atoms with Gasteiger partial charge in [-0.3, -0.25) is 5.32 Å². The second-order valence-corrected chi connectivity index (χ2v) is 3.71. The van der Waals surface area contributed by atoms with Gasteiger partial charge in [0.25, 0.3) is 0 Å². The Bertz CT molecular complexity index is 398. The van der Waals surface area contributed by atoms with E-state index in [2.05, 4.69) is 15.4 Å². The summed E-state index contributed by atoms with van der Waals surface area (Å²) in [6.45, 7) is 0.447. The van der Waals surface area contributed by atoms with Crippen LogP contribution in [0.4, 0.5) is 4.79 Å². The molecule has 0 radical (unpaired) electrons. The van der Waals surface area contributed by atoms with Gasteiger partial charge in [-0.15, -0.1) is 0 Å². The van der Waals surface area contributed by atoms with E-state index in [0.29, 0.717) is 11.6 Å². The van der Waals surface area contributed by atoms with Gasteiger partial charge in [0.15, 0.2) is 5.11 Å². The van der Waals surface area contributed by atoms with E-state index in [1.807, 2.05) is 18.2 Å². The molecule has 6 heteroatoms. The zero-order valence-electron chi connectivity index (χ0n) is 8.62. The topological polar surface area (TPSA) is 50.4 Å². The lowest BCUT2D eigenvalue weighted by molar-refractivity contribution is 0.176. The molecule has 0 aromatic heterocycles. The first-order chi connectivity index (χ1) is 7.63. The van der Waals surface area contributed by atoms with Crippen molar-refractivity contribution in [3.63, 3.8) is 0 Å². The zero-order chi connectivity index (χ0) is 12.0. The number of nitrogens with one attached hydrogen (secondary N) is 2. The van der Waals surface area contributed by atoms with Crippen LogP contribution in [0.5, 0.6) is 0 Å². The van der Waals surface area contributed by atoms with Crippen molar-refractivity contribution in [3.8, 4) is 0 Å². The molecule has 16 heavy (non-hydrogen) atoms. The van der Waals surface area contributed by atoms with Crippen molar-refractivity contribution < 1.29 is 9.53 Å². The number of hydrogen-bond donors (Lipinski definition) is 2. The number of rotatable bonds is 2. The van der Waals surface area contributed by atoms with Crippen molar-refractivity contribution in [1.29, 1.82) is 0 Å². The Morgan fingerprint density at radius 1 is 1.50 bits per heavy atom. The first-order valence-electron chi connectivity index (χ1n) is 4.49. The summed E-state index contributed by atoms with van der Waals surface area (Å²) in [6.07, 6.45) is -0.600. The number of methoxy groups -OCH3 is 1. The standard InChI is InChI=1S/C10H11ClN2O2S/c1-15-10(14)13-9(16)12-6-7-4-2-3-5-8(7)11/h2-5H,6H2,1H3,(H2,12,13,14,16). The minimum atomic E-state index is -0.600. The third-order valence-corrected chi connectivity index (χ3v) is 2.41. The summed E-state index contributed by atoms with van der Waals surface area (Å²) >= 11 is 10.8. The average molecular weight is 259 g/mol. The van der Waals surface area contributed by atoms with Crippen LogP contribution in [0.2, 0.25) is 5.02 Å². The highest BCUT2D eigenvalue weighted by Crippen LogP contribution is 2.13. The van der Waals surface area contributed by atoms with Crippen LogP contribution in [-0.4, -0.2) is 18.3 Å². The first kappa shape index (κ1) is 12.7. The highest BCUT2D eigenvalue weighted by atomic mass is 35.5. The molecule has 0 bridgehead atoms. The van der Waals surface area contributed by atoms with Gasteiger partial charge in [-0.1, -0.05) is 29.8 Å². The SMILES string of the molecule is COC(=O)NC(=S)NCc1ccccc1Cl. The molecular formula is C10H11ClN2O2S. The van der Waals surface area contributed by atoms with Gasteiger partial charge in [0.05, 0.1) is 7.11 Å². The van der Waals surface area contributed by atoms with Crippen LogP contribution in [0, 0.1) is 0 Å². The molecule has 1 aromatic rings. The second-order valence-electron chi connectivity index (χ2n) is 2.89. The molecule has 0 aliphatic heterocycles. The number of benzene rings is 1. The summed E-state index contributed by atoms with van der Waals surface area (Å²) in [4.78, 5) is 10.8. The predicted octanol–water partition coefficient (Wildman–Crippen LogP) is 2.07. The second kappa shape index (κ2) is 6.30. The molecule has 0 saturated heterocycles. The lowest BCUT2D eigenvalue weighted by atomic mass is 10.2. The summed E-state index contributed by atoms with van der Waals surface area (Å²) < 4.78 is 4.39. The van der Waals surface area contributed by atoms with E-state index in [-0.39, 0.29) is 5.11 Å². The molecule has 0 atom stereocenters. The first-order valence-corrected chi connectivity index (χ1v) is 5.28. The average Bonchev–Trinajstić information content (AvgIpc) is 2.28. The van der Waals surface area contributed by atoms with Crippen LogP contribution in [0.15, 0.2) is 24.3 Å². The molecule has 1 rings (SSSR count). The van der Waals surface area contributed by atoms with E-state index in [9.17, 15) is 4.79 Å². The molecule has 0 heterocycles. The Morgan fingerprint density at radius 2 is 2.19 bits per heavy atom. The zero-order valence-corrected chi connectivity index (χ0v) is 10.2. The lowest BCUT2D eigenvalue weighted by Crippen LogP contribution is -2.38. The number of hydrogen-bond acceptors (Lipinski definition) is 3. The quantitative estimate of drug-likeness (QED) is 0.798. The van der Waals surface area contributed by atoms with Crippen molar-refractivity contribution in [1.82, 2.24) is 10.6 Å². The molecule has 0 spiro atoms. The third kappa shape index (κ3) is 4.04. The monoisotopic (exact) mass is 258 g/mol. The van der Waals surface area contributed by atoms with Crippen molar-refractivity contribution >= 4 is 35.0 Å². The molecule has 1 amide bonds. The Kier molecular flexibility index (Phi) is 5.01. The molecule has 2 N–H and O–H groups in total. The number of halogens is 1. The van der Waals surface area contributed by atoms with Crippen molar-refractivity contribution in [2.75, 3.05) is 7.11 Å². The maximum absolute atomic E-state index is 10.8. The Labute approximate surface area is 104 Å². The lowest BCUT2D eigenvalue weighted by Gasteiger charge is -2.09. The fourth-order valence-electron chi connectivity index (χ4n) is 1.01. The number of amides is 1. The highest BCUT2D eigenvalue weighted by Gasteiger charge is 2.03. The van der Waals surface area contributed by atoms with E-state index in [4.69, 9.17) is 23.8 Å². The van der Waals surface area contributed by atoms with Crippen LogP contribution in [-0.2, 0) is 11.3 Å². The largest absolute Gasteiger partial charge is 0.453 e. The molecular weight excluding hydrogens is 248 g/mol. The molecule has 4 nitrogen and oxygen atoms in total. The van der Waals surface area contributed by atoms with Crippen molar-refractivity contribution in [2.24, 2.45) is 0 Å². The van der Waals surface area contributed by atoms with Gasteiger partial charge in [0, 0.05) is 11.6 Å².